The van der Waals surface area contributed by atoms with Crippen LogP contribution >= 0.6 is 7.82 Å². The fourth-order valence-corrected chi connectivity index (χ4v) is 4.63. The Balaban J connectivity index is 3.32. The lowest BCUT2D eigenvalue weighted by Gasteiger charge is -2.19. The first kappa shape index (κ1) is 37.9. The summed E-state index contributed by atoms with van der Waals surface area (Å²) in [7, 11) is -3.08. The lowest BCUT2D eigenvalue weighted by Crippen LogP contribution is -2.26. The van der Waals surface area contributed by atoms with Gasteiger partial charge < -0.3 is 28.7 Å². The van der Waals surface area contributed by atoms with Gasteiger partial charge in [0.15, 0.2) is 0 Å². The van der Waals surface area contributed by atoms with E-state index >= 15 is 0 Å². The van der Waals surface area contributed by atoms with Crippen molar-refractivity contribution in [2.24, 2.45) is 0 Å². The molecule has 0 saturated carbocycles. The minimum absolute atomic E-state index is 0.0914. The Morgan fingerprint density at radius 1 is 0.641 bits per heavy atom. The van der Waals surface area contributed by atoms with Gasteiger partial charge in [-0.3, -0.25) is 9.36 Å². The summed E-state index contributed by atoms with van der Waals surface area (Å²) in [4.78, 5) is 34.5. The number of esters is 1. The molecule has 9 nitrogen and oxygen atoms in total. The maximum Gasteiger partial charge on any atom is 0.407 e. The molecule has 0 radical (unpaired) electrons. The van der Waals surface area contributed by atoms with Crippen LogP contribution in [0, 0.1) is 0 Å². The first-order chi connectivity index (χ1) is 18.9. The Kier molecular flexibility index (Phi) is 27.5. The molecule has 0 aromatic heterocycles. The molecule has 0 bridgehead atoms. The molecule has 0 aromatic rings. The molecule has 0 spiro atoms. The van der Waals surface area contributed by atoms with E-state index in [-0.39, 0.29) is 25.8 Å². The third-order valence-corrected chi connectivity index (χ3v) is 7.53. The summed E-state index contributed by atoms with van der Waals surface area (Å²) in [6.07, 6.45) is 22.9. The van der Waals surface area contributed by atoms with Crippen molar-refractivity contribution in [2.75, 3.05) is 33.5 Å². The molecule has 1 N–H and O–H groups in total. The number of carbonyl (C=O) groups excluding carboxylic acids is 2. The second kappa shape index (κ2) is 28.4. The Morgan fingerprint density at radius 3 is 1.69 bits per heavy atom. The number of ether oxygens (including phenoxy) is 2. The minimum Gasteiger partial charge on any atom is -0.756 e. The Hall–Kier alpha value is -1.15. The van der Waals surface area contributed by atoms with Crippen LogP contribution in [0.3, 0.4) is 0 Å². The van der Waals surface area contributed by atoms with Crippen molar-refractivity contribution >= 4 is 19.9 Å². The van der Waals surface area contributed by atoms with Gasteiger partial charge in [-0.2, -0.15) is 0 Å². The average Bonchev–Trinajstić information content (AvgIpc) is 2.92. The van der Waals surface area contributed by atoms with Crippen molar-refractivity contribution < 1.29 is 37.6 Å². The molecule has 0 aliphatic carbocycles. The van der Waals surface area contributed by atoms with Crippen molar-refractivity contribution in [3.8, 4) is 0 Å². The van der Waals surface area contributed by atoms with E-state index in [2.05, 4.69) is 21.3 Å². The van der Waals surface area contributed by atoms with Gasteiger partial charge in [-0.05, 0) is 19.3 Å². The zero-order valence-corrected chi connectivity index (χ0v) is 25.8. The fourth-order valence-electron chi connectivity index (χ4n) is 4.17. The minimum atomic E-state index is -4.14. The highest BCUT2D eigenvalue weighted by Crippen LogP contribution is 2.36. The average molecular weight is 579 g/mol. The number of alkyl carbamates (subject to hydrolysis) is 1. The van der Waals surface area contributed by atoms with Crippen LogP contribution in [0.4, 0.5) is 4.79 Å². The third kappa shape index (κ3) is 29.7. The number of amides is 1. The summed E-state index contributed by atoms with van der Waals surface area (Å²) in [6, 6.07) is 0. The highest BCUT2D eigenvalue weighted by molar-refractivity contribution is 7.45. The highest BCUT2D eigenvalue weighted by atomic mass is 31.2. The van der Waals surface area contributed by atoms with Crippen LogP contribution in [0.1, 0.15) is 142 Å². The van der Waals surface area contributed by atoms with E-state index in [1.54, 1.807) is 0 Å². The number of unbranched alkanes of at least 4 members (excludes halogenated alkanes) is 17. The quantitative estimate of drug-likeness (QED) is 0.0547. The molecular formula is C29H57NO8P-. The number of hydrogen-bond donors (Lipinski definition) is 1. The van der Waals surface area contributed by atoms with Gasteiger partial charge in [0.1, 0.15) is 0 Å². The smallest absolute Gasteiger partial charge is 0.407 e. The van der Waals surface area contributed by atoms with Crippen LogP contribution in [0.5, 0.6) is 0 Å². The van der Waals surface area contributed by atoms with Gasteiger partial charge in [0, 0.05) is 26.5 Å². The maximum atomic E-state index is 11.8. The molecule has 39 heavy (non-hydrogen) atoms. The van der Waals surface area contributed by atoms with Crippen molar-refractivity contribution in [1.82, 2.24) is 5.32 Å². The Bertz CT molecular complexity index is 620. The van der Waals surface area contributed by atoms with Crippen molar-refractivity contribution in [3.05, 3.63) is 0 Å². The van der Waals surface area contributed by atoms with Gasteiger partial charge in [-0.25, -0.2) is 4.79 Å². The molecule has 1 amide bonds. The van der Waals surface area contributed by atoms with Crippen molar-refractivity contribution in [2.45, 2.75) is 142 Å². The second-order valence-corrected chi connectivity index (χ2v) is 11.7. The number of hydrogen-bond acceptors (Lipinski definition) is 8. The monoisotopic (exact) mass is 578 g/mol. The zero-order valence-electron chi connectivity index (χ0n) is 24.9. The van der Waals surface area contributed by atoms with Gasteiger partial charge in [0.05, 0.1) is 19.8 Å². The summed E-state index contributed by atoms with van der Waals surface area (Å²) >= 11 is 0. The summed E-state index contributed by atoms with van der Waals surface area (Å²) in [5.74, 6) is -0.181. The summed E-state index contributed by atoms with van der Waals surface area (Å²) in [6.45, 7) is 3.29. The lowest BCUT2D eigenvalue weighted by atomic mass is 10.0. The first-order valence-electron chi connectivity index (χ1n) is 15.5. The van der Waals surface area contributed by atoms with Crippen molar-refractivity contribution in [1.29, 1.82) is 0 Å². The van der Waals surface area contributed by atoms with Gasteiger partial charge in [0.25, 0.3) is 7.82 Å². The molecule has 0 rings (SSSR count). The van der Waals surface area contributed by atoms with Crippen LogP contribution in [0.25, 0.3) is 0 Å². The molecule has 0 fully saturated rings. The van der Waals surface area contributed by atoms with Gasteiger partial charge in [-0.15, -0.1) is 0 Å². The van der Waals surface area contributed by atoms with Gasteiger partial charge >= 0.3 is 12.1 Å². The van der Waals surface area contributed by atoms with Crippen LogP contribution in [-0.2, 0) is 27.9 Å². The second-order valence-electron chi connectivity index (χ2n) is 10.2. The molecule has 0 aliphatic rings. The van der Waals surface area contributed by atoms with Crippen molar-refractivity contribution in [3.63, 3.8) is 0 Å². The topological polar surface area (TPSA) is 123 Å². The predicted molar refractivity (Wildman–Crippen MR) is 154 cm³/mol. The summed E-state index contributed by atoms with van der Waals surface area (Å²) < 4.78 is 30.1. The Labute approximate surface area is 238 Å². The molecule has 0 aliphatic heterocycles. The zero-order chi connectivity index (χ0) is 28.9. The lowest BCUT2D eigenvalue weighted by molar-refractivity contribution is -0.223. The van der Waals surface area contributed by atoms with E-state index in [1.165, 1.54) is 83.5 Å². The van der Waals surface area contributed by atoms with Crippen LogP contribution in [0.15, 0.2) is 0 Å². The molecule has 0 saturated heterocycles. The summed E-state index contributed by atoms with van der Waals surface area (Å²) in [5.41, 5.74) is 0. The molecule has 0 aromatic carbocycles. The largest absolute Gasteiger partial charge is 0.756 e. The van der Waals surface area contributed by atoms with E-state index in [9.17, 15) is 19.0 Å². The van der Waals surface area contributed by atoms with Gasteiger partial charge in [-0.1, -0.05) is 110 Å². The Morgan fingerprint density at radius 2 is 1.13 bits per heavy atom. The molecular weight excluding hydrogens is 521 g/mol. The molecule has 1 atom stereocenters. The summed E-state index contributed by atoms with van der Waals surface area (Å²) in [5, 5.41) is 2.66. The number of phosphoric ester groups is 1. The van der Waals surface area contributed by atoms with E-state index < -0.39 is 13.9 Å². The van der Waals surface area contributed by atoms with Crippen LogP contribution < -0.4 is 10.2 Å². The maximum absolute atomic E-state index is 11.8. The normalized spacial score (nSPS) is 12.7. The number of nitrogens with one attached hydrogen (secondary N) is 1. The molecule has 10 heteroatoms. The molecule has 0 heterocycles. The van der Waals surface area contributed by atoms with E-state index in [1.807, 2.05) is 0 Å². The van der Waals surface area contributed by atoms with Gasteiger partial charge in [0.2, 0.25) is 0 Å². The first-order valence-corrected chi connectivity index (χ1v) is 16.9. The number of rotatable bonds is 29. The third-order valence-electron chi connectivity index (χ3n) is 6.58. The number of phosphoric acid groups is 1. The molecule has 232 valence electrons. The predicted octanol–water partition coefficient (Wildman–Crippen LogP) is 7.60. The van der Waals surface area contributed by atoms with E-state index in [0.29, 0.717) is 25.8 Å². The number of carbonyl (C=O) groups is 2. The fraction of sp³-hybridized carbons (Fsp3) is 0.931. The highest BCUT2D eigenvalue weighted by Gasteiger charge is 2.06. The van der Waals surface area contributed by atoms with E-state index in [0.717, 1.165) is 39.2 Å². The SMILES string of the molecule is CCCCCCCCCCCCCCCCCC(=O)OCCCOC(=O)NCCCCCCOP(=O)([O-])OC. The van der Waals surface area contributed by atoms with Crippen LogP contribution in [0.2, 0.25) is 0 Å². The van der Waals surface area contributed by atoms with E-state index in [4.69, 9.17) is 9.47 Å². The van der Waals surface area contributed by atoms with Crippen LogP contribution in [-0.4, -0.2) is 45.5 Å². The standard InChI is InChI=1S/C29H58NO8P/c1-3-4-5-6-7-8-9-10-11-12-13-14-15-16-19-23-28(31)36-25-22-26-37-29(32)30-24-20-17-18-21-27-38-39(33,34)35-2/h3-27H2,1-2H3,(H,30,32)(H,33,34)/p-1. The molecule has 1 unspecified atom stereocenters.